The zero-order valence-electron chi connectivity index (χ0n) is 17.5. The SMILES string of the molecule is Cc1cc(C)nc(SC(Sc2nc(C)cc(C)n2)=C(C#N)NC(=O)c2ccccc2)n1. The van der Waals surface area contributed by atoms with Crippen LogP contribution in [-0.2, 0) is 0 Å². The molecular formula is C22H20N6OS2. The van der Waals surface area contributed by atoms with Crippen LogP contribution >= 0.6 is 23.5 Å². The van der Waals surface area contributed by atoms with Crippen molar-refractivity contribution in [1.29, 1.82) is 5.26 Å². The molecule has 1 N–H and O–H groups in total. The molecule has 0 aliphatic carbocycles. The van der Waals surface area contributed by atoms with Gasteiger partial charge in [0.2, 0.25) is 0 Å². The number of aryl methyl sites for hydroxylation is 4. The van der Waals surface area contributed by atoms with Gasteiger partial charge >= 0.3 is 0 Å². The van der Waals surface area contributed by atoms with Crippen LogP contribution in [0.3, 0.4) is 0 Å². The Kier molecular flexibility index (Phi) is 7.39. The van der Waals surface area contributed by atoms with Crippen molar-refractivity contribution in [2.75, 3.05) is 0 Å². The first kappa shape index (κ1) is 22.5. The Balaban J connectivity index is 2.01. The van der Waals surface area contributed by atoms with Gasteiger partial charge in [-0.05, 0) is 75.5 Å². The van der Waals surface area contributed by atoms with Crippen LogP contribution in [0.15, 0.2) is 62.7 Å². The van der Waals surface area contributed by atoms with Gasteiger partial charge in [-0.3, -0.25) is 4.79 Å². The molecule has 2 aromatic heterocycles. The van der Waals surface area contributed by atoms with Gasteiger partial charge in [0.25, 0.3) is 5.91 Å². The lowest BCUT2D eigenvalue weighted by Gasteiger charge is -2.11. The fraction of sp³-hybridized carbons (Fsp3) is 0.182. The topological polar surface area (TPSA) is 104 Å². The number of hydrogen-bond donors (Lipinski definition) is 1. The lowest BCUT2D eigenvalue weighted by Crippen LogP contribution is -2.22. The third-order valence-electron chi connectivity index (χ3n) is 3.88. The number of hydrogen-bond acceptors (Lipinski definition) is 8. The van der Waals surface area contributed by atoms with E-state index in [9.17, 15) is 10.1 Å². The largest absolute Gasteiger partial charge is 0.312 e. The highest BCUT2D eigenvalue weighted by Gasteiger charge is 2.18. The number of nitrogens with one attached hydrogen (secondary N) is 1. The Morgan fingerprint density at radius 1 is 0.839 bits per heavy atom. The Bertz CT molecular complexity index is 1090. The minimum absolute atomic E-state index is 0.0920. The van der Waals surface area contributed by atoms with Gasteiger partial charge in [-0.2, -0.15) is 5.26 Å². The number of aromatic nitrogens is 4. The number of benzene rings is 1. The van der Waals surface area contributed by atoms with E-state index in [-0.39, 0.29) is 11.6 Å². The van der Waals surface area contributed by atoms with E-state index < -0.39 is 0 Å². The molecule has 3 aromatic rings. The zero-order chi connectivity index (χ0) is 22.4. The van der Waals surface area contributed by atoms with Crippen LogP contribution in [0.25, 0.3) is 0 Å². The van der Waals surface area contributed by atoms with E-state index in [0.717, 1.165) is 22.8 Å². The average Bonchev–Trinajstić information content (AvgIpc) is 2.70. The van der Waals surface area contributed by atoms with Gasteiger partial charge in [-0.15, -0.1) is 0 Å². The number of allylic oxidation sites excluding steroid dienone is 1. The molecule has 0 saturated carbocycles. The zero-order valence-corrected chi connectivity index (χ0v) is 19.1. The summed E-state index contributed by atoms with van der Waals surface area (Å²) in [6.07, 6.45) is 0. The van der Waals surface area contributed by atoms with Crippen molar-refractivity contribution in [1.82, 2.24) is 25.3 Å². The van der Waals surface area contributed by atoms with Gasteiger partial charge in [0, 0.05) is 28.3 Å². The second-order valence-corrected chi connectivity index (χ2v) is 8.88. The van der Waals surface area contributed by atoms with E-state index >= 15 is 0 Å². The molecular weight excluding hydrogens is 428 g/mol. The molecule has 7 nitrogen and oxygen atoms in total. The summed E-state index contributed by atoms with van der Waals surface area (Å²) in [5, 5.41) is 13.5. The summed E-state index contributed by atoms with van der Waals surface area (Å²) < 4.78 is 0.488. The van der Waals surface area contributed by atoms with Gasteiger partial charge in [-0.25, -0.2) is 19.9 Å². The number of carbonyl (C=O) groups is 1. The minimum atomic E-state index is -0.376. The highest BCUT2D eigenvalue weighted by atomic mass is 32.2. The fourth-order valence-corrected chi connectivity index (χ4v) is 4.77. The minimum Gasteiger partial charge on any atom is -0.312 e. The molecule has 0 spiro atoms. The third-order valence-corrected chi connectivity index (χ3v) is 5.89. The average molecular weight is 449 g/mol. The Labute approximate surface area is 189 Å². The van der Waals surface area contributed by atoms with Crippen LogP contribution in [0, 0.1) is 39.0 Å². The molecule has 156 valence electrons. The molecule has 3 rings (SSSR count). The Morgan fingerprint density at radius 2 is 1.29 bits per heavy atom. The number of nitriles is 1. The first-order valence-electron chi connectivity index (χ1n) is 9.35. The summed E-state index contributed by atoms with van der Waals surface area (Å²) in [4.78, 5) is 30.4. The van der Waals surface area contributed by atoms with Gasteiger partial charge in [-0.1, -0.05) is 18.2 Å². The Morgan fingerprint density at radius 3 is 1.71 bits per heavy atom. The molecule has 1 amide bonds. The molecule has 0 atom stereocenters. The van der Waals surface area contributed by atoms with Crippen molar-refractivity contribution in [2.45, 2.75) is 38.0 Å². The van der Waals surface area contributed by atoms with Crippen molar-refractivity contribution in [3.63, 3.8) is 0 Å². The lowest BCUT2D eigenvalue weighted by atomic mass is 10.2. The van der Waals surface area contributed by atoms with Crippen LogP contribution in [-0.4, -0.2) is 25.8 Å². The number of nitrogens with zero attached hydrogens (tertiary/aromatic N) is 5. The molecule has 0 unspecified atom stereocenters. The van der Waals surface area contributed by atoms with Crippen molar-refractivity contribution in [2.24, 2.45) is 0 Å². The highest BCUT2D eigenvalue weighted by Crippen LogP contribution is 2.38. The van der Waals surface area contributed by atoms with E-state index in [1.807, 2.05) is 45.9 Å². The lowest BCUT2D eigenvalue weighted by molar-refractivity contribution is 0.0967. The van der Waals surface area contributed by atoms with Crippen LogP contribution < -0.4 is 5.32 Å². The van der Waals surface area contributed by atoms with E-state index in [0.29, 0.717) is 20.1 Å². The second-order valence-electron chi connectivity index (χ2n) is 6.67. The summed E-state index contributed by atoms with van der Waals surface area (Å²) in [5.74, 6) is -0.376. The number of carbonyl (C=O) groups excluding carboxylic acids is 1. The molecule has 0 bridgehead atoms. The predicted octanol–water partition coefficient (Wildman–Crippen LogP) is 4.51. The van der Waals surface area contributed by atoms with Crippen molar-refractivity contribution >= 4 is 29.4 Å². The van der Waals surface area contributed by atoms with E-state index in [1.165, 1.54) is 23.5 Å². The maximum atomic E-state index is 12.7. The summed E-state index contributed by atoms with van der Waals surface area (Å²) in [5.41, 5.74) is 3.80. The molecule has 0 radical (unpaired) electrons. The van der Waals surface area contributed by atoms with Crippen molar-refractivity contribution in [3.05, 3.63) is 80.7 Å². The van der Waals surface area contributed by atoms with Crippen molar-refractivity contribution < 1.29 is 4.79 Å². The van der Waals surface area contributed by atoms with E-state index in [2.05, 4.69) is 31.3 Å². The summed E-state index contributed by atoms with van der Waals surface area (Å²) in [6, 6.07) is 14.6. The van der Waals surface area contributed by atoms with E-state index in [4.69, 9.17) is 0 Å². The van der Waals surface area contributed by atoms with Gasteiger partial charge in [0.15, 0.2) is 10.3 Å². The number of amides is 1. The standard InChI is InChI=1S/C22H20N6OS2/c1-13-10-14(2)25-21(24-13)30-20(31-22-26-15(3)11-16(4)27-22)18(12-23)28-19(29)17-8-6-5-7-9-17/h5-11H,1-4H3,(H,28,29). The van der Waals surface area contributed by atoms with Crippen LogP contribution in [0.5, 0.6) is 0 Å². The van der Waals surface area contributed by atoms with Gasteiger partial charge < -0.3 is 5.32 Å². The molecule has 2 heterocycles. The summed E-state index contributed by atoms with van der Waals surface area (Å²) in [6.45, 7) is 7.52. The normalized spacial score (nSPS) is 10.3. The smallest absolute Gasteiger partial charge is 0.256 e. The molecule has 0 aliphatic heterocycles. The van der Waals surface area contributed by atoms with Crippen LogP contribution in [0.1, 0.15) is 33.1 Å². The molecule has 0 fully saturated rings. The predicted molar refractivity (Wildman–Crippen MR) is 121 cm³/mol. The van der Waals surface area contributed by atoms with Crippen LogP contribution in [0.4, 0.5) is 0 Å². The van der Waals surface area contributed by atoms with Gasteiger partial charge in [0.1, 0.15) is 11.8 Å². The summed E-state index contributed by atoms with van der Waals surface area (Å²) in [7, 11) is 0. The monoisotopic (exact) mass is 448 g/mol. The van der Waals surface area contributed by atoms with Crippen molar-refractivity contribution in [3.8, 4) is 6.07 Å². The Hall–Kier alpha value is -3.22. The first-order valence-corrected chi connectivity index (χ1v) is 11.0. The van der Waals surface area contributed by atoms with Gasteiger partial charge in [0.05, 0.1) is 4.24 Å². The first-order chi connectivity index (χ1) is 14.8. The maximum absolute atomic E-state index is 12.7. The second kappa shape index (κ2) is 10.2. The van der Waals surface area contributed by atoms with Crippen LogP contribution in [0.2, 0.25) is 0 Å². The number of rotatable bonds is 6. The summed E-state index contributed by atoms with van der Waals surface area (Å²) >= 11 is 2.39. The maximum Gasteiger partial charge on any atom is 0.256 e. The fourth-order valence-electron chi connectivity index (χ4n) is 2.67. The highest BCUT2D eigenvalue weighted by molar-refractivity contribution is 8.22. The molecule has 1 aromatic carbocycles. The molecule has 0 aliphatic rings. The van der Waals surface area contributed by atoms with E-state index in [1.54, 1.807) is 24.3 Å². The molecule has 9 heteroatoms. The quantitative estimate of drug-likeness (QED) is 0.334. The molecule has 0 saturated heterocycles. The third kappa shape index (κ3) is 6.38. The number of thioether (sulfide) groups is 2. The molecule has 31 heavy (non-hydrogen) atoms.